The molecule has 2 rings (SSSR count). The summed E-state index contributed by atoms with van der Waals surface area (Å²) in [6, 6.07) is 5.54. The Bertz CT molecular complexity index is 801. The molecule has 0 fully saturated rings. The predicted octanol–water partition coefficient (Wildman–Crippen LogP) is 1.37. The summed E-state index contributed by atoms with van der Waals surface area (Å²) in [6.45, 7) is 3.71. The third-order valence-electron chi connectivity index (χ3n) is 3.50. The highest BCUT2D eigenvalue weighted by molar-refractivity contribution is 5.78. The third-order valence-corrected chi connectivity index (χ3v) is 3.50. The van der Waals surface area contributed by atoms with Gasteiger partial charge in [0.2, 0.25) is 0 Å². The van der Waals surface area contributed by atoms with Gasteiger partial charge in [-0.25, -0.2) is 14.2 Å². The summed E-state index contributed by atoms with van der Waals surface area (Å²) in [7, 11) is 1.54. The number of aryl methyl sites for hydroxylation is 1. The Hall–Kier alpha value is -2.37. The first kappa shape index (κ1) is 15.0. The monoisotopic (exact) mass is 290 g/mol. The summed E-state index contributed by atoms with van der Waals surface area (Å²) in [6.07, 6.45) is 0.225. The van der Waals surface area contributed by atoms with Crippen LogP contribution in [0.5, 0.6) is 0 Å². The first-order chi connectivity index (χ1) is 9.84. The molecule has 0 saturated heterocycles. The van der Waals surface area contributed by atoms with Crippen molar-refractivity contribution in [2.45, 2.75) is 26.3 Å². The Balaban J connectivity index is 2.83. The van der Waals surface area contributed by atoms with Gasteiger partial charge < -0.3 is 5.11 Å². The summed E-state index contributed by atoms with van der Waals surface area (Å²) in [4.78, 5) is 36.4. The fraction of sp³-hybridized carbons (Fsp3) is 0.400. The molecule has 6 heteroatoms. The van der Waals surface area contributed by atoms with Crippen LogP contribution in [0.3, 0.4) is 0 Å². The molecule has 1 aromatic carbocycles. The van der Waals surface area contributed by atoms with Gasteiger partial charge in [-0.05, 0) is 24.5 Å². The molecule has 0 aliphatic heterocycles. The zero-order valence-electron chi connectivity index (χ0n) is 12.2. The lowest BCUT2D eigenvalue weighted by Gasteiger charge is -2.18. The minimum absolute atomic E-state index is 0.0502. The van der Waals surface area contributed by atoms with E-state index in [2.05, 4.69) is 0 Å². The maximum absolute atomic E-state index is 12.5. The number of nitrogens with zero attached hydrogens (tertiary/aromatic N) is 2. The molecule has 1 N–H and O–H groups in total. The number of benzene rings is 1. The summed E-state index contributed by atoms with van der Waals surface area (Å²) in [5, 5.41) is 9.72. The molecule has 0 aliphatic rings. The molecule has 1 aromatic heterocycles. The van der Waals surface area contributed by atoms with Crippen molar-refractivity contribution in [2.75, 3.05) is 0 Å². The normalized spacial score (nSPS) is 12.8. The smallest absolute Gasteiger partial charge is 0.332 e. The van der Waals surface area contributed by atoms with Gasteiger partial charge in [0.25, 0.3) is 5.56 Å². The van der Waals surface area contributed by atoms with Crippen LogP contribution in [0.1, 0.15) is 26.3 Å². The molecule has 6 nitrogen and oxygen atoms in total. The molecule has 0 spiro atoms. The van der Waals surface area contributed by atoms with Gasteiger partial charge in [-0.3, -0.25) is 9.36 Å². The average Bonchev–Trinajstić information content (AvgIpc) is 2.43. The largest absolute Gasteiger partial charge is 0.480 e. The molecule has 112 valence electrons. The Kier molecular flexibility index (Phi) is 3.97. The van der Waals surface area contributed by atoms with Crippen molar-refractivity contribution in [3.05, 3.63) is 45.1 Å². The second-order valence-electron chi connectivity index (χ2n) is 5.52. The number of hydrogen-bond acceptors (Lipinski definition) is 3. The van der Waals surface area contributed by atoms with Crippen LogP contribution in [0.15, 0.2) is 33.9 Å². The van der Waals surface area contributed by atoms with Gasteiger partial charge in [-0.15, -0.1) is 0 Å². The molecule has 0 bridgehead atoms. The molecule has 0 amide bonds. The lowest BCUT2D eigenvalue weighted by atomic mass is 10.0. The van der Waals surface area contributed by atoms with E-state index >= 15 is 0 Å². The van der Waals surface area contributed by atoms with Crippen LogP contribution in [0.25, 0.3) is 10.9 Å². The molecule has 0 radical (unpaired) electrons. The van der Waals surface area contributed by atoms with Crippen LogP contribution in [-0.4, -0.2) is 20.2 Å². The zero-order valence-corrected chi connectivity index (χ0v) is 12.2. The standard InChI is InChI=1S/C15H18N2O4/c1-9(2)8-12(14(19)20)17-13(18)10-6-4-5-7-11(10)16(3)15(17)21/h4-7,9,12H,8H2,1-3H3,(H,19,20)/t12-/m0/s1. The molecule has 1 heterocycles. The predicted molar refractivity (Wildman–Crippen MR) is 79.6 cm³/mol. The molecular weight excluding hydrogens is 272 g/mol. The van der Waals surface area contributed by atoms with Gasteiger partial charge in [-0.1, -0.05) is 26.0 Å². The van der Waals surface area contributed by atoms with Gasteiger partial charge in [-0.2, -0.15) is 0 Å². The molecule has 0 unspecified atom stereocenters. The molecular formula is C15H18N2O4. The first-order valence-electron chi connectivity index (χ1n) is 6.77. The molecule has 0 aliphatic carbocycles. The zero-order chi connectivity index (χ0) is 15.7. The summed E-state index contributed by atoms with van der Waals surface area (Å²) >= 11 is 0. The van der Waals surface area contributed by atoms with Gasteiger partial charge in [0.15, 0.2) is 0 Å². The first-order valence-corrected chi connectivity index (χ1v) is 6.77. The van der Waals surface area contributed by atoms with E-state index in [9.17, 15) is 19.5 Å². The minimum atomic E-state index is -1.17. The van der Waals surface area contributed by atoms with E-state index in [1.165, 1.54) is 11.6 Å². The second kappa shape index (κ2) is 5.55. The number of aromatic nitrogens is 2. The molecule has 1 atom stereocenters. The highest BCUT2D eigenvalue weighted by Crippen LogP contribution is 2.16. The summed E-state index contributed by atoms with van der Waals surface area (Å²) < 4.78 is 2.16. The Morgan fingerprint density at radius 3 is 2.43 bits per heavy atom. The SMILES string of the molecule is CC(C)C[C@@H](C(=O)O)n1c(=O)c2ccccc2n(C)c1=O. The number of para-hydroxylation sites is 1. The number of rotatable bonds is 4. The summed E-state index contributed by atoms with van der Waals surface area (Å²) in [5.74, 6) is -1.12. The van der Waals surface area contributed by atoms with Gasteiger partial charge in [0.05, 0.1) is 10.9 Å². The second-order valence-corrected chi connectivity index (χ2v) is 5.52. The van der Waals surface area contributed by atoms with Crippen LogP contribution < -0.4 is 11.2 Å². The van der Waals surface area contributed by atoms with E-state index in [1.807, 2.05) is 13.8 Å². The fourth-order valence-corrected chi connectivity index (χ4v) is 2.47. The van der Waals surface area contributed by atoms with Crippen LogP contribution in [0.2, 0.25) is 0 Å². The van der Waals surface area contributed by atoms with Crippen molar-refractivity contribution in [1.29, 1.82) is 0 Å². The number of fused-ring (bicyclic) bond motifs is 1. The Morgan fingerprint density at radius 1 is 1.24 bits per heavy atom. The van der Waals surface area contributed by atoms with E-state index in [1.54, 1.807) is 24.3 Å². The number of carboxylic acid groups (broad SMARTS) is 1. The van der Waals surface area contributed by atoms with Gasteiger partial charge in [0, 0.05) is 7.05 Å². The van der Waals surface area contributed by atoms with Crippen molar-refractivity contribution in [3.63, 3.8) is 0 Å². The maximum Gasteiger partial charge on any atom is 0.332 e. The number of carbonyl (C=O) groups is 1. The minimum Gasteiger partial charge on any atom is -0.480 e. The van der Waals surface area contributed by atoms with Crippen molar-refractivity contribution in [1.82, 2.24) is 9.13 Å². The quantitative estimate of drug-likeness (QED) is 0.922. The van der Waals surface area contributed by atoms with Crippen LogP contribution in [0, 0.1) is 5.92 Å². The van der Waals surface area contributed by atoms with Crippen molar-refractivity contribution >= 4 is 16.9 Å². The molecule has 0 saturated carbocycles. The van der Waals surface area contributed by atoms with E-state index in [0.29, 0.717) is 10.9 Å². The van der Waals surface area contributed by atoms with Gasteiger partial charge in [0.1, 0.15) is 6.04 Å². The van der Waals surface area contributed by atoms with E-state index in [0.717, 1.165) is 4.57 Å². The highest BCUT2D eigenvalue weighted by atomic mass is 16.4. The lowest BCUT2D eigenvalue weighted by molar-refractivity contribution is -0.141. The van der Waals surface area contributed by atoms with Crippen LogP contribution in [0.4, 0.5) is 0 Å². The third kappa shape index (κ3) is 2.61. The van der Waals surface area contributed by atoms with E-state index < -0.39 is 23.3 Å². The van der Waals surface area contributed by atoms with Gasteiger partial charge >= 0.3 is 11.7 Å². The molecule has 2 aromatic rings. The Morgan fingerprint density at radius 2 is 1.86 bits per heavy atom. The lowest BCUT2D eigenvalue weighted by Crippen LogP contribution is -2.44. The topological polar surface area (TPSA) is 81.3 Å². The van der Waals surface area contributed by atoms with E-state index in [-0.39, 0.29) is 12.3 Å². The fourth-order valence-electron chi connectivity index (χ4n) is 2.47. The van der Waals surface area contributed by atoms with Crippen molar-refractivity contribution in [3.8, 4) is 0 Å². The Labute approximate surface area is 121 Å². The molecule has 21 heavy (non-hydrogen) atoms. The van der Waals surface area contributed by atoms with E-state index in [4.69, 9.17) is 0 Å². The van der Waals surface area contributed by atoms with Crippen molar-refractivity contribution < 1.29 is 9.90 Å². The average molecular weight is 290 g/mol. The van der Waals surface area contributed by atoms with Crippen LogP contribution >= 0.6 is 0 Å². The number of aliphatic carboxylic acids is 1. The maximum atomic E-state index is 12.5. The number of hydrogen-bond donors (Lipinski definition) is 1. The van der Waals surface area contributed by atoms with Crippen molar-refractivity contribution in [2.24, 2.45) is 13.0 Å². The summed E-state index contributed by atoms with van der Waals surface area (Å²) in [5.41, 5.74) is -0.661. The van der Waals surface area contributed by atoms with Crippen LogP contribution in [-0.2, 0) is 11.8 Å². The highest BCUT2D eigenvalue weighted by Gasteiger charge is 2.26. The number of carboxylic acids is 1.